The van der Waals surface area contributed by atoms with Crippen LogP contribution in [0.1, 0.15) is 65.0 Å². The van der Waals surface area contributed by atoms with Crippen molar-refractivity contribution in [3.8, 4) is 0 Å². The van der Waals surface area contributed by atoms with Crippen molar-refractivity contribution >= 4 is 5.57 Å². The molecule has 0 saturated carbocycles. The van der Waals surface area contributed by atoms with Crippen LogP contribution in [0.4, 0.5) is 0 Å². The lowest BCUT2D eigenvalue weighted by molar-refractivity contribution is 0.825. The van der Waals surface area contributed by atoms with Gasteiger partial charge in [0.15, 0.2) is 0 Å². The molecule has 0 atom stereocenters. The highest BCUT2D eigenvalue weighted by Gasteiger charge is 2.11. The number of hydrogen-bond acceptors (Lipinski definition) is 0. The Balaban J connectivity index is 0.000000581. The van der Waals surface area contributed by atoms with Gasteiger partial charge in [0.1, 0.15) is 0 Å². The molecule has 0 aromatic heterocycles. The molecular weight excluding hydrogens is 204 g/mol. The minimum atomic E-state index is 1.15. The molecular formula is C17H28. The van der Waals surface area contributed by atoms with Crippen LogP contribution in [0.5, 0.6) is 0 Å². The van der Waals surface area contributed by atoms with Crippen molar-refractivity contribution in [2.75, 3.05) is 0 Å². The Morgan fingerprint density at radius 1 is 1.00 bits per heavy atom. The van der Waals surface area contributed by atoms with Crippen LogP contribution in [0.3, 0.4) is 0 Å². The molecule has 17 heavy (non-hydrogen) atoms. The number of benzene rings is 1. The predicted octanol–water partition coefficient (Wildman–Crippen LogP) is 5.87. The van der Waals surface area contributed by atoms with Crippen LogP contribution in [0.25, 0.3) is 5.57 Å². The second-order valence-electron chi connectivity index (χ2n) is 3.69. The van der Waals surface area contributed by atoms with Gasteiger partial charge in [-0.1, -0.05) is 71.4 Å². The zero-order valence-corrected chi connectivity index (χ0v) is 12.2. The molecule has 0 nitrogen and oxygen atoms in total. The van der Waals surface area contributed by atoms with Crippen molar-refractivity contribution in [2.45, 2.75) is 60.3 Å². The Hall–Kier alpha value is -1.04. The molecule has 1 aromatic rings. The zero-order valence-electron chi connectivity index (χ0n) is 12.2. The summed E-state index contributed by atoms with van der Waals surface area (Å²) in [5, 5.41) is 0. The molecule has 0 heteroatoms. The maximum atomic E-state index is 2.39. The molecule has 0 radical (unpaired) electrons. The molecule has 2 rings (SSSR count). The van der Waals surface area contributed by atoms with Crippen LogP contribution in [0, 0.1) is 0 Å². The first-order chi connectivity index (χ1) is 8.42. The summed E-state index contributed by atoms with van der Waals surface area (Å²) in [5.74, 6) is 0. The molecule has 1 aliphatic carbocycles. The fourth-order valence-corrected chi connectivity index (χ4v) is 1.96. The molecule has 0 bridgehead atoms. The quantitative estimate of drug-likeness (QED) is 0.611. The Bertz CT molecular complexity index is 321. The molecule has 1 aromatic carbocycles. The lowest BCUT2D eigenvalue weighted by Crippen LogP contribution is -1.83. The van der Waals surface area contributed by atoms with Crippen molar-refractivity contribution in [3.63, 3.8) is 0 Å². The summed E-state index contributed by atoms with van der Waals surface area (Å²) >= 11 is 0. The van der Waals surface area contributed by atoms with Gasteiger partial charge in [-0.05, 0) is 36.0 Å². The van der Waals surface area contributed by atoms with Crippen LogP contribution in [-0.4, -0.2) is 0 Å². The average Bonchev–Trinajstić information content (AvgIpc) is 2.84. The lowest BCUT2D eigenvalue weighted by atomic mass is 10.0. The highest BCUT2D eigenvalue weighted by molar-refractivity contribution is 5.72. The normalized spacial score (nSPS) is 11.5. The van der Waals surface area contributed by atoms with E-state index in [1.807, 2.05) is 27.7 Å². The number of unbranched alkanes of at least 4 members (excludes halogenated alkanes) is 1. The van der Waals surface area contributed by atoms with Gasteiger partial charge in [-0.25, -0.2) is 0 Å². The van der Waals surface area contributed by atoms with E-state index in [4.69, 9.17) is 0 Å². The van der Waals surface area contributed by atoms with E-state index in [1.54, 1.807) is 5.57 Å². The third-order valence-electron chi connectivity index (χ3n) is 2.73. The number of fused-ring (bicyclic) bond motifs is 1. The Kier molecular flexibility index (Phi) is 9.52. The van der Waals surface area contributed by atoms with Crippen molar-refractivity contribution in [2.24, 2.45) is 0 Å². The van der Waals surface area contributed by atoms with Gasteiger partial charge < -0.3 is 0 Å². The molecule has 96 valence electrons. The largest absolute Gasteiger partial charge is 0.0763 e. The molecule has 0 amide bonds. The summed E-state index contributed by atoms with van der Waals surface area (Å²) in [6.45, 7) is 10.3. The zero-order chi connectivity index (χ0) is 13.1. The Morgan fingerprint density at radius 3 is 2.29 bits per heavy atom. The third-order valence-corrected chi connectivity index (χ3v) is 2.73. The van der Waals surface area contributed by atoms with Gasteiger partial charge in [0, 0.05) is 0 Å². The third kappa shape index (κ3) is 4.77. The van der Waals surface area contributed by atoms with Gasteiger partial charge in [0.25, 0.3) is 0 Å². The molecule has 0 unspecified atom stereocenters. The summed E-state index contributed by atoms with van der Waals surface area (Å²) < 4.78 is 0. The van der Waals surface area contributed by atoms with Crippen LogP contribution in [-0.2, 0) is 6.42 Å². The first kappa shape index (κ1) is 16.0. The van der Waals surface area contributed by atoms with E-state index in [1.165, 1.54) is 30.4 Å². The number of allylic oxidation sites excluding steroid dienone is 2. The first-order valence-corrected chi connectivity index (χ1v) is 7.19. The summed E-state index contributed by atoms with van der Waals surface area (Å²) in [4.78, 5) is 0. The SMILES string of the molecule is CC.CC.CCCCC1=CCc2ccccc21. The minimum Gasteiger partial charge on any atom is -0.0763 e. The Labute approximate surface area is 108 Å². The van der Waals surface area contributed by atoms with Crippen molar-refractivity contribution < 1.29 is 0 Å². The van der Waals surface area contributed by atoms with Crippen LogP contribution in [0.15, 0.2) is 30.3 Å². The monoisotopic (exact) mass is 232 g/mol. The van der Waals surface area contributed by atoms with Crippen LogP contribution < -0.4 is 0 Å². The fraction of sp³-hybridized carbons (Fsp3) is 0.529. The van der Waals surface area contributed by atoms with Gasteiger partial charge in [-0.2, -0.15) is 0 Å². The van der Waals surface area contributed by atoms with E-state index in [0.717, 1.165) is 6.42 Å². The second-order valence-corrected chi connectivity index (χ2v) is 3.69. The van der Waals surface area contributed by atoms with E-state index in [-0.39, 0.29) is 0 Å². The predicted molar refractivity (Wildman–Crippen MR) is 80.3 cm³/mol. The smallest absolute Gasteiger partial charge is 0.00854 e. The van der Waals surface area contributed by atoms with Crippen LogP contribution >= 0.6 is 0 Å². The molecule has 0 N–H and O–H groups in total. The Morgan fingerprint density at radius 2 is 1.65 bits per heavy atom. The number of rotatable bonds is 3. The molecule has 0 spiro atoms. The topological polar surface area (TPSA) is 0 Å². The van der Waals surface area contributed by atoms with E-state index in [9.17, 15) is 0 Å². The lowest BCUT2D eigenvalue weighted by Gasteiger charge is -2.03. The fourth-order valence-electron chi connectivity index (χ4n) is 1.96. The van der Waals surface area contributed by atoms with Crippen molar-refractivity contribution in [1.29, 1.82) is 0 Å². The standard InChI is InChI=1S/C13H16.2C2H6/c1-2-3-6-11-9-10-12-7-4-5-8-13(11)12;2*1-2/h4-5,7-9H,2-3,6,10H2,1H3;2*1-2H3. The maximum absolute atomic E-state index is 2.39. The van der Waals surface area contributed by atoms with E-state index in [0.29, 0.717) is 0 Å². The van der Waals surface area contributed by atoms with E-state index in [2.05, 4.69) is 37.3 Å². The van der Waals surface area contributed by atoms with E-state index >= 15 is 0 Å². The van der Waals surface area contributed by atoms with Crippen molar-refractivity contribution in [3.05, 3.63) is 41.5 Å². The molecule has 0 aliphatic heterocycles. The highest BCUT2D eigenvalue weighted by Crippen LogP contribution is 2.30. The van der Waals surface area contributed by atoms with E-state index < -0.39 is 0 Å². The molecule has 0 heterocycles. The molecule has 0 saturated heterocycles. The van der Waals surface area contributed by atoms with Gasteiger partial charge in [0.05, 0.1) is 0 Å². The summed E-state index contributed by atoms with van der Waals surface area (Å²) in [6, 6.07) is 8.77. The molecule has 0 fully saturated rings. The van der Waals surface area contributed by atoms with Gasteiger partial charge in [-0.3, -0.25) is 0 Å². The van der Waals surface area contributed by atoms with Gasteiger partial charge in [-0.15, -0.1) is 0 Å². The number of hydrogen-bond donors (Lipinski definition) is 0. The maximum Gasteiger partial charge on any atom is -0.00854 e. The summed E-state index contributed by atoms with van der Waals surface area (Å²) in [6.07, 6.45) is 7.41. The summed E-state index contributed by atoms with van der Waals surface area (Å²) in [5.41, 5.74) is 4.57. The van der Waals surface area contributed by atoms with Gasteiger partial charge >= 0.3 is 0 Å². The molecule has 1 aliphatic rings. The van der Waals surface area contributed by atoms with Gasteiger partial charge in [0.2, 0.25) is 0 Å². The van der Waals surface area contributed by atoms with Crippen LogP contribution in [0.2, 0.25) is 0 Å². The summed E-state index contributed by atoms with van der Waals surface area (Å²) in [7, 11) is 0. The highest BCUT2D eigenvalue weighted by atomic mass is 14.2. The second kappa shape index (κ2) is 10.1. The van der Waals surface area contributed by atoms with Crippen molar-refractivity contribution in [1.82, 2.24) is 0 Å². The first-order valence-electron chi connectivity index (χ1n) is 7.19. The minimum absolute atomic E-state index is 1.15. The average molecular weight is 232 g/mol.